The summed E-state index contributed by atoms with van der Waals surface area (Å²) in [7, 11) is 0. The van der Waals surface area contributed by atoms with Crippen molar-refractivity contribution in [2.45, 2.75) is 39.4 Å². The first-order chi connectivity index (χ1) is 12.8. The van der Waals surface area contributed by atoms with Crippen molar-refractivity contribution >= 4 is 5.82 Å². The Morgan fingerprint density at radius 3 is 3.08 bits per heavy atom. The van der Waals surface area contributed by atoms with E-state index in [0.29, 0.717) is 5.82 Å². The molecule has 134 valence electrons. The second-order valence-corrected chi connectivity index (χ2v) is 6.29. The fourth-order valence-electron chi connectivity index (χ4n) is 3.22. The molecule has 4 rings (SSSR count). The topological polar surface area (TPSA) is 93.4 Å². The highest BCUT2D eigenvalue weighted by Gasteiger charge is 2.21. The molecule has 0 spiro atoms. The average molecular weight is 350 g/mol. The third-order valence-corrected chi connectivity index (χ3v) is 4.54. The van der Waals surface area contributed by atoms with Crippen LogP contribution in [0, 0.1) is 0 Å². The van der Waals surface area contributed by atoms with Gasteiger partial charge >= 0.3 is 0 Å². The Morgan fingerprint density at radius 2 is 2.27 bits per heavy atom. The second-order valence-electron chi connectivity index (χ2n) is 6.29. The van der Waals surface area contributed by atoms with Crippen molar-refractivity contribution in [1.29, 1.82) is 0 Å². The number of hydrogen-bond donors (Lipinski definition) is 2. The quantitative estimate of drug-likeness (QED) is 0.726. The van der Waals surface area contributed by atoms with Gasteiger partial charge in [-0.05, 0) is 38.9 Å². The molecule has 0 radical (unpaired) electrons. The summed E-state index contributed by atoms with van der Waals surface area (Å²) >= 11 is 0. The number of hydrogen-bond acceptors (Lipinski definition) is 7. The molecule has 2 N–H and O–H groups in total. The predicted octanol–water partition coefficient (Wildman–Crippen LogP) is 1.97. The molecule has 4 heterocycles. The van der Waals surface area contributed by atoms with Crippen molar-refractivity contribution in [3.8, 4) is 11.4 Å². The molecule has 3 aromatic heterocycles. The number of anilines is 1. The van der Waals surface area contributed by atoms with Gasteiger partial charge < -0.3 is 10.6 Å². The van der Waals surface area contributed by atoms with E-state index < -0.39 is 0 Å². The Kier molecular flexibility index (Phi) is 4.57. The summed E-state index contributed by atoms with van der Waals surface area (Å²) in [5, 5.41) is 11.2. The zero-order valence-corrected chi connectivity index (χ0v) is 15.0. The number of pyridine rings is 1. The average Bonchev–Trinajstić information content (AvgIpc) is 3.17. The van der Waals surface area contributed by atoms with Gasteiger partial charge in [0.1, 0.15) is 18.0 Å². The third kappa shape index (κ3) is 3.15. The van der Waals surface area contributed by atoms with Gasteiger partial charge in [-0.1, -0.05) is 0 Å². The molecule has 0 amide bonds. The van der Waals surface area contributed by atoms with Gasteiger partial charge in [0.25, 0.3) is 0 Å². The maximum absolute atomic E-state index is 4.81. The van der Waals surface area contributed by atoms with Crippen LogP contribution in [0.4, 0.5) is 5.82 Å². The Labute approximate surface area is 152 Å². The zero-order valence-electron chi connectivity index (χ0n) is 15.0. The second kappa shape index (κ2) is 7.17. The summed E-state index contributed by atoms with van der Waals surface area (Å²) in [5.41, 5.74) is 3.12. The zero-order chi connectivity index (χ0) is 17.9. The lowest BCUT2D eigenvalue weighted by Crippen LogP contribution is -2.27. The molecule has 3 aromatic rings. The normalized spacial score (nSPS) is 14.7. The van der Waals surface area contributed by atoms with E-state index in [9.17, 15) is 0 Å². The number of nitrogens with one attached hydrogen (secondary N) is 2. The number of aromatic nitrogens is 6. The van der Waals surface area contributed by atoms with Gasteiger partial charge in [0, 0.05) is 36.6 Å². The molecule has 1 aliphatic rings. The maximum Gasteiger partial charge on any atom is 0.163 e. The fourth-order valence-corrected chi connectivity index (χ4v) is 3.22. The number of aryl methyl sites for hydroxylation is 1. The highest BCUT2D eigenvalue weighted by Crippen LogP contribution is 2.27. The standard InChI is InChI=1S/C18H22N8/c1-3-26-18(21-11-22-26)12(2)23-17-14-6-8-20-10-15(14)24-16(25-17)13-5-4-7-19-9-13/h4-5,7,9,11-12,20H,3,6,8,10H2,1-2H3,(H,23,24,25). The SMILES string of the molecule is CCn1ncnc1C(C)Nc1nc(-c2cccnc2)nc2c1CCNC2. The lowest BCUT2D eigenvalue weighted by Gasteiger charge is -2.23. The van der Waals surface area contributed by atoms with Gasteiger partial charge in [0.2, 0.25) is 0 Å². The Bertz CT molecular complexity index is 889. The van der Waals surface area contributed by atoms with Crippen LogP contribution in [0.1, 0.15) is 37.0 Å². The van der Waals surface area contributed by atoms with Crippen LogP contribution in [0.5, 0.6) is 0 Å². The molecule has 0 bridgehead atoms. The minimum Gasteiger partial charge on any atom is -0.360 e. The lowest BCUT2D eigenvalue weighted by molar-refractivity contribution is 0.589. The van der Waals surface area contributed by atoms with E-state index in [-0.39, 0.29) is 6.04 Å². The van der Waals surface area contributed by atoms with Crippen molar-refractivity contribution in [1.82, 2.24) is 35.0 Å². The van der Waals surface area contributed by atoms with Crippen LogP contribution in [0.25, 0.3) is 11.4 Å². The third-order valence-electron chi connectivity index (χ3n) is 4.54. The lowest BCUT2D eigenvalue weighted by atomic mass is 10.1. The van der Waals surface area contributed by atoms with Gasteiger partial charge in [-0.15, -0.1) is 0 Å². The summed E-state index contributed by atoms with van der Waals surface area (Å²) < 4.78 is 1.90. The van der Waals surface area contributed by atoms with Crippen LogP contribution in [-0.2, 0) is 19.5 Å². The first-order valence-corrected chi connectivity index (χ1v) is 8.91. The first-order valence-electron chi connectivity index (χ1n) is 8.91. The van der Waals surface area contributed by atoms with E-state index in [1.54, 1.807) is 18.7 Å². The summed E-state index contributed by atoms with van der Waals surface area (Å²) in [6.45, 7) is 6.60. The molecule has 8 nitrogen and oxygen atoms in total. The van der Waals surface area contributed by atoms with Crippen molar-refractivity contribution < 1.29 is 0 Å². The Hall–Kier alpha value is -2.87. The van der Waals surface area contributed by atoms with Gasteiger partial charge in [0.15, 0.2) is 5.82 Å². The molecule has 0 aromatic carbocycles. The minimum atomic E-state index is -0.00640. The van der Waals surface area contributed by atoms with E-state index in [2.05, 4.69) is 39.5 Å². The van der Waals surface area contributed by atoms with E-state index in [1.807, 2.05) is 16.8 Å². The Balaban J connectivity index is 1.72. The van der Waals surface area contributed by atoms with Gasteiger partial charge in [-0.25, -0.2) is 19.6 Å². The molecular formula is C18H22N8. The number of nitrogens with zero attached hydrogens (tertiary/aromatic N) is 6. The molecule has 1 unspecified atom stereocenters. The van der Waals surface area contributed by atoms with E-state index in [0.717, 1.165) is 49.0 Å². The molecular weight excluding hydrogens is 328 g/mol. The largest absolute Gasteiger partial charge is 0.360 e. The van der Waals surface area contributed by atoms with Gasteiger partial charge in [-0.2, -0.15) is 5.10 Å². The highest BCUT2D eigenvalue weighted by atomic mass is 15.3. The highest BCUT2D eigenvalue weighted by molar-refractivity contribution is 5.59. The molecule has 1 aliphatic heterocycles. The molecule has 0 saturated heterocycles. The summed E-state index contributed by atoms with van der Waals surface area (Å²) in [6.07, 6.45) is 6.04. The smallest absolute Gasteiger partial charge is 0.163 e. The Morgan fingerprint density at radius 1 is 1.35 bits per heavy atom. The molecule has 0 saturated carbocycles. The van der Waals surface area contributed by atoms with Crippen LogP contribution in [0.3, 0.4) is 0 Å². The number of rotatable bonds is 5. The van der Waals surface area contributed by atoms with Crippen molar-refractivity contribution in [2.24, 2.45) is 0 Å². The maximum atomic E-state index is 4.81. The van der Waals surface area contributed by atoms with Gasteiger partial charge in [-0.3, -0.25) is 4.98 Å². The van der Waals surface area contributed by atoms with E-state index >= 15 is 0 Å². The minimum absolute atomic E-state index is 0.00640. The molecule has 26 heavy (non-hydrogen) atoms. The van der Waals surface area contributed by atoms with Crippen LogP contribution in [0.15, 0.2) is 30.9 Å². The van der Waals surface area contributed by atoms with Crippen LogP contribution >= 0.6 is 0 Å². The van der Waals surface area contributed by atoms with Crippen molar-refractivity contribution in [3.05, 3.63) is 47.9 Å². The predicted molar refractivity (Wildman–Crippen MR) is 98.4 cm³/mol. The van der Waals surface area contributed by atoms with Crippen molar-refractivity contribution in [3.63, 3.8) is 0 Å². The monoisotopic (exact) mass is 350 g/mol. The summed E-state index contributed by atoms with van der Waals surface area (Å²) in [4.78, 5) is 18.2. The molecule has 0 fully saturated rings. The molecule has 8 heteroatoms. The van der Waals surface area contributed by atoms with Crippen molar-refractivity contribution in [2.75, 3.05) is 11.9 Å². The summed E-state index contributed by atoms with van der Waals surface area (Å²) in [5.74, 6) is 2.46. The summed E-state index contributed by atoms with van der Waals surface area (Å²) in [6, 6.07) is 3.87. The number of fused-ring (bicyclic) bond motifs is 1. The van der Waals surface area contributed by atoms with E-state index in [4.69, 9.17) is 9.97 Å². The van der Waals surface area contributed by atoms with Crippen LogP contribution in [-0.4, -0.2) is 36.3 Å². The van der Waals surface area contributed by atoms with Gasteiger partial charge in [0.05, 0.1) is 11.7 Å². The molecule has 0 aliphatic carbocycles. The fraction of sp³-hybridized carbons (Fsp3) is 0.389. The first kappa shape index (κ1) is 16.6. The van der Waals surface area contributed by atoms with Crippen LogP contribution < -0.4 is 10.6 Å². The van der Waals surface area contributed by atoms with E-state index in [1.165, 1.54) is 5.56 Å². The molecule has 1 atom stereocenters. The van der Waals surface area contributed by atoms with Crippen LogP contribution in [0.2, 0.25) is 0 Å².